The molecule has 2 aromatic carbocycles. The Labute approximate surface area is 114 Å². The second-order valence-corrected chi connectivity index (χ2v) is 4.90. The highest BCUT2D eigenvalue weighted by atomic mass is 32.2. The minimum absolute atomic E-state index is 0.0495. The van der Waals surface area contributed by atoms with Gasteiger partial charge in [0.15, 0.2) is 0 Å². The normalized spacial score (nSPS) is 10.2. The summed E-state index contributed by atoms with van der Waals surface area (Å²) in [7, 11) is 0. The molecule has 19 heavy (non-hydrogen) atoms. The van der Waals surface area contributed by atoms with Gasteiger partial charge < -0.3 is 9.83 Å². The van der Waals surface area contributed by atoms with Gasteiger partial charge in [-0.1, -0.05) is 17.7 Å². The van der Waals surface area contributed by atoms with Crippen LogP contribution in [0.15, 0.2) is 47.4 Å². The fourth-order valence-corrected chi connectivity index (χ4v) is 2.11. The number of carbonyl (C=O) groups is 1. The van der Waals surface area contributed by atoms with Crippen molar-refractivity contribution in [2.45, 2.75) is 11.8 Å². The lowest BCUT2D eigenvalue weighted by atomic mass is 10.2. The number of aromatic carboxylic acids is 1. The monoisotopic (exact) mass is 277 g/mol. The zero-order valence-electron chi connectivity index (χ0n) is 10.2. The number of anilines is 1. The molecule has 2 N–H and O–H groups in total. The highest BCUT2D eigenvalue weighted by Crippen LogP contribution is 2.24. The van der Waals surface area contributed by atoms with Crippen LogP contribution in [0.3, 0.4) is 0 Å². The number of hydrogen-bond donors (Lipinski definition) is 2. The predicted octanol–water partition coefficient (Wildman–Crippen LogP) is 3.95. The Kier molecular flexibility index (Phi) is 4.06. The van der Waals surface area contributed by atoms with Gasteiger partial charge >= 0.3 is 5.97 Å². The largest absolute Gasteiger partial charge is 0.478 e. The molecule has 0 saturated carbocycles. The molecule has 0 radical (unpaired) electrons. The number of aryl methyl sites for hydroxylation is 1. The van der Waals surface area contributed by atoms with Crippen LogP contribution in [0.5, 0.6) is 0 Å². The van der Waals surface area contributed by atoms with Gasteiger partial charge in [0.1, 0.15) is 5.82 Å². The quantitative estimate of drug-likeness (QED) is 0.831. The third-order valence-electron chi connectivity index (χ3n) is 2.51. The standard InChI is InChI=1S/C14H12FNO2S/c1-9-2-5-11(6-3-9)19-16-13-8-10(14(17)18)4-7-12(13)15/h2-8,16H,1H3,(H,17,18). The number of halogens is 1. The fraction of sp³-hybridized carbons (Fsp3) is 0.0714. The van der Waals surface area contributed by atoms with Gasteiger partial charge in [-0.15, -0.1) is 0 Å². The van der Waals surface area contributed by atoms with Gasteiger partial charge in [0.2, 0.25) is 0 Å². The Hall–Kier alpha value is -2.01. The Morgan fingerprint density at radius 2 is 1.89 bits per heavy atom. The van der Waals surface area contributed by atoms with Crippen LogP contribution in [0, 0.1) is 12.7 Å². The van der Waals surface area contributed by atoms with Gasteiger partial charge in [0, 0.05) is 4.90 Å². The topological polar surface area (TPSA) is 49.3 Å². The van der Waals surface area contributed by atoms with Gasteiger partial charge in [0.05, 0.1) is 11.3 Å². The van der Waals surface area contributed by atoms with Crippen LogP contribution in [-0.4, -0.2) is 11.1 Å². The van der Waals surface area contributed by atoms with Crippen molar-refractivity contribution in [1.82, 2.24) is 0 Å². The van der Waals surface area contributed by atoms with Crippen molar-refractivity contribution in [3.63, 3.8) is 0 Å². The lowest BCUT2D eigenvalue weighted by molar-refractivity contribution is 0.0697. The van der Waals surface area contributed by atoms with Crippen LogP contribution < -0.4 is 4.72 Å². The third-order valence-corrected chi connectivity index (χ3v) is 3.34. The molecule has 98 valence electrons. The minimum Gasteiger partial charge on any atom is -0.478 e. The highest BCUT2D eigenvalue weighted by molar-refractivity contribution is 8.00. The van der Waals surface area contributed by atoms with E-state index in [0.29, 0.717) is 0 Å². The van der Waals surface area contributed by atoms with Gasteiger partial charge in [-0.3, -0.25) is 0 Å². The Balaban J connectivity index is 2.12. The summed E-state index contributed by atoms with van der Waals surface area (Å²) in [5, 5.41) is 8.86. The van der Waals surface area contributed by atoms with Crippen LogP contribution in [0.25, 0.3) is 0 Å². The molecule has 0 spiro atoms. The smallest absolute Gasteiger partial charge is 0.335 e. The zero-order valence-corrected chi connectivity index (χ0v) is 11.0. The molecule has 0 unspecified atom stereocenters. The molecule has 0 aliphatic heterocycles. The van der Waals surface area contributed by atoms with Crippen molar-refractivity contribution in [2.24, 2.45) is 0 Å². The van der Waals surface area contributed by atoms with E-state index in [2.05, 4.69) is 4.72 Å². The molecule has 0 bridgehead atoms. The minimum atomic E-state index is -1.08. The van der Waals surface area contributed by atoms with Gasteiger partial charge in [-0.05, 0) is 49.2 Å². The fourth-order valence-electron chi connectivity index (χ4n) is 1.46. The highest BCUT2D eigenvalue weighted by Gasteiger charge is 2.08. The summed E-state index contributed by atoms with van der Waals surface area (Å²) < 4.78 is 16.4. The molecule has 0 amide bonds. The summed E-state index contributed by atoms with van der Waals surface area (Å²) in [5.41, 5.74) is 1.35. The molecular formula is C14H12FNO2S. The number of benzene rings is 2. The van der Waals surface area contributed by atoms with Crippen molar-refractivity contribution in [1.29, 1.82) is 0 Å². The van der Waals surface area contributed by atoms with Crippen molar-refractivity contribution in [3.05, 3.63) is 59.4 Å². The average molecular weight is 277 g/mol. The van der Waals surface area contributed by atoms with Crippen molar-refractivity contribution >= 4 is 23.6 Å². The number of carboxylic acids is 1. The van der Waals surface area contributed by atoms with Gasteiger partial charge in [0.25, 0.3) is 0 Å². The van der Waals surface area contributed by atoms with E-state index in [1.165, 1.54) is 24.1 Å². The molecule has 2 aromatic rings. The number of hydrogen-bond acceptors (Lipinski definition) is 3. The summed E-state index contributed by atoms with van der Waals surface area (Å²) in [6.07, 6.45) is 0. The summed E-state index contributed by atoms with van der Waals surface area (Å²) in [4.78, 5) is 11.7. The first-order valence-electron chi connectivity index (χ1n) is 5.58. The second-order valence-electron chi connectivity index (χ2n) is 4.02. The van der Waals surface area contributed by atoms with Crippen molar-refractivity contribution in [3.8, 4) is 0 Å². The summed E-state index contributed by atoms with van der Waals surface area (Å²) in [6, 6.07) is 11.4. The molecule has 0 saturated heterocycles. The Bertz CT molecular complexity index is 599. The van der Waals surface area contributed by atoms with Crippen LogP contribution in [0.1, 0.15) is 15.9 Å². The Morgan fingerprint density at radius 1 is 1.21 bits per heavy atom. The number of rotatable bonds is 4. The Morgan fingerprint density at radius 3 is 2.53 bits per heavy atom. The molecule has 0 atom stereocenters. The van der Waals surface area contributed by atoms with Crippen LogP contribution in [0.2, 0.25) is 0 Å². The molecule has 0 aromatic heterocycles. The second kappa shape index (κ2) is 5.75. The van der Waals surface area contributed by atoms with Crippen LogP contribution in [-0.2, 0) is 0 Å². The van der Waals surface area contributed by atoms with Gasteiger partial charge in [-0.2, -0.15) is 0 Å². The van der Waals surface area contributed by atoms with E-state index in [4.69, 9.17) is 5.11 Å². The first kappa shape index (κ1) is 13.4. The molecule has 0 fully saturated rings. The van der Waals surface area contributed by atoms with E-state index >= 15 is 0 Å². The number of carboxylic acid groups (broad SMARTS) is 1. The summed E-state index contributed by atoms with van der Waals surface area (Å²) >= 11 is 1.23. The SMILES string of the molecule is Cc1ccc(SNc2cc(C(=O)O)ccc2F)cc1. The molecule has 0 aliphatic carbocycles. The lowest BCUT2D eigenvalue weighted by Crippen LogP contribution is -1.99. The van der Waals surface area contributed by atoms with E-state index < -0.39 is 11.8 Å². The van der Waals surface area contributed by atoms with Crippen LogP contribution >= 0.6 is 11.9 Å². The third kappa shape index (κ3) is 3.48. The molecule has 2 rings (SSSR count). The summed E-state index contributed by atoms with van der Waals surface area (Å²) in [5.74, 6) is -1.56. The lowest BCUT2D eigenvalue weighted by Gasteiger charge is -2.07. The molecule has 5 heteroatoms. The van der Waals surface area contributed by atoms with Gasteiger partial charge in [-0.25, -0.2) is 9.18 Å². The van der Waals surface area contributed by atoms with E-state index in [1.54, 1.807) is 0 Å². The molecule has 0 heterocycles. The predicted molar refractivity (Wildman–Crippen MR) is 74.0 cm³/mol. The van der Waals surface area contributed by atoms with E-state index in [9.17, 15) is 9.18 Å². The first-order valence-corrected chi connectivity index (χ1v) is 6.40. The zero-order chi connectivity index (χ0) is 13.8. The van der Waals surface area contributed by atoms with E-state index in [-0.39, 0.29) is 11.3 Å². The average Bonchev–Trinajstić information content (AvgIpc) is 2.39. The maximum Gasteiger partial charge on any atom is 0.335 e. The molecule has 3 nitrogen and oxygen atoms in total. The molecular weight excluding hydrogens is 265 g/mol. The maximum absolute atomic E-state index is 13.5. The maximum atomic E-state index is 13.5. The number of nitrogens with one attached hydrogen (secondary N) is 1. The summed E-state index contributed by atoms with van der Waals surface area (Å²) in [6.45, 7) is 1.98. The van der Waals surface area contributed by atoms with Crippen molar-refractivity contribution < 1.29 is 14.3 Å². The van der Waals surface area contributed by atoms with E-state index in [0.717, 1.165) is 16.5 Å². The van der Waals surface area contributed by atoms with Crippen molar-refractivity contribution in [2.75, 3.05) is 4.72 Å². The van der Waals surface area contributed by atoms with Crippen LogP contribution in [0.4, 0.5) is 10.1 Å². The first-order chi connectivity index (χ1) is 9.06. The van der Waals surface area contributed by atoms with E-state index in [1.807, 2.05) is 31.2 Å². The molecule has 0 aliphatic rings.